The SMILES string of the molecule is [C-]#[N+]C1=C(N2CCCC2)CC(Cc2ccccc2)C/C1=C(/[N+]#[C-])C(=O)OCC(COC(=O)/C(C#N)=C1\CC(Cc2ccccc2)CC(N2CCCC2)=C1C#N)(COC(=O)/C(C#N)=C1\CC(Cc2ccccc2)CC(N2CCCC2)=C1C#N)COC(=O)/C([N+]#[C-])=C1/CC(Cc2ccccc2)CC(N2CCCC2)=C1C#N. The quantitative estimate of drug-likeness (QED) is 0.0208. The summed E-state index contributed by atoms with van der Waals surface area (Å²) in [5.41, 5.74) is 3.82. The van der Waals surface area contributed by atoms with Crippen LogP contribution in [-0.4, -0.2) is 122 Å². The second-order valence-electron chi connectivity index (χ2n) is 30.0. The molecule has 4 atom stereocenters. The smallest absolute Gasteiger partial charge is 0.349 e. The molecule has 12 rings (SSSR count). The molecule has 0 bridgehead atoms. The summed E-state index contributed by atoms with van der Waals surface area (Å²) >= 11 is 0. The number of ether oxygens (including phenoxy) is 4. The van der Waals surface area contributed by atoms with E-state index in [9.17, 15) is 26.3 Å². The number of nitriles is 5. The maximum Gasteiger partial charge on any atom is 0.349 e. The van der Waals surface area contributed by atoms with Gasteiger partial charge < -0.3 is 38.5 Å². The van der Waals surface area contributed by atoms with E-state index in [1.54, 1.807) is 0 Å². The summed E-state index contributed by atoms with van der Waals surface area (Å²) in [4.78, 5) is 82.0. The molecule has 4 aliphatic heterocycles. The van der Waals surface area contributed by atoms with Crippen LogP contribution < -0.4 is 0 Å². The van der Waals surface area contributed by atoms with Gasteiger partial charge in [0.25, 0.3) is 11.4 Å². The van der Waals surface area contributed by atoms with Gasteiger partial charge in [-0.25, -0.2) is 24.1 Å². The Labute approximate surface area is 639 Å². The van der Waals surface area contributed by atoms with Crippen molar-refractivity contribution in [2.75, 3.05) is 78.8 Å². The van der Waals surface area contributed by atoms with Crippen LogP contribution in [0.4, 0.5) is 0 Å². The maximum absolute atomic E-state index is 15.5. The molecular formula is C89H88N12O8. The van der Waals surface area contributed by atoms with Gasteiger partial charge in [0.1, 0.15) is 67.3 Å². The van der Waals surface area contributed by atoms with E-state index in [-0.39, 0.29) is 94.1 Å². The molecule has 4 saturated heterocycles. The average Bonchev–Trinajstić information content (AvgIpc) is 1.76. The molecule has 8 aliphatic rings. The molecule has 0 radical (unpaired) electrons. The first-order valence-corrected chi connectivity index (χ1v) is 38.1. The molecule has 0 spiro atoms. The van der Waals surface area contributed by atoms with Crippen molar-refractivity contribution in [1.29, 1.82) is 26.3 Å². The molecule has 4 aromatic rings. The molecule has 4 aliphatic carbocycles. The molecule has 4 unspecified atom stereocenters. The van der Waals surface area contributed by atoms with Crippen LogP contribution in [0.25, 0.3) is 14.5 Å². The van der Waals surface area contributed by atoms with E-state index in [2.05, 4.69) is 64.5 Å². The summed E-state index contributed by atoms with van der Waals surface area (Å²) in [5.74, 6) is -5.59. The summed E-state index contributed by atoms with van der Waals surface area (Å²) in [6, 6.07) is 50.3. The van der Waals surface area contributed by atoms with Crippen molar-refractivity contribution in [3.63, 3.8) is 0 Å². The van der Waals surface area contributed by atoms with Crippen LogP contribution in [0.15, 0.2) is 211 Å². The molecule has 4 aromatic carbocycles. The highest BCUT2D eigenvalue weighted by atomic mass is 16.6. The Morgan fingerprint density at radius 1 is 0.367 bits per heavy atom. The molecule has 552 valence electrons. The third-order valence-corrected chi connectivity index (χ3v) is 22.6. The van der Waals surface area contributed by atoms with E-state index in [0.29, 0.717) is 127 Å². The summed E-state index contributed by atoms with van der Waals surface area (Å²) < 4.78 is 25.3. The van der Waals surface area contributed by atoms with E-state index in [1.165, 1.54) is 0 Å². The van der Waals surface area contributed by atoms with Gasteiger partial charge in [-0.1, -0.05) is 121 Å². The van der Waals surface area contributed by atoms with Crippen molar-refractivity contribution >= 4 is 23.9 Å². The number of nitrogens with zero attached hydrogens (tertiary/aromatic N) is 12. The monoisotopic (exact) mass is 1450 g/mol. The number of benzene rings is 4. The zero-order chi connectivity index (χ0) is 76.2. The van der Waals surface area contributed by atoms with Crippen LogP contribution in [0.2, 0.25) is 0 Å². The lowest BCUT2D eigenvalue weighted by Crippen LogP contribution is -2.44. The van der Waals surface area contributed by atoms with Gasteiger partial charge in [-0.3, -0.25) is 9.59 Å². The van der Waals surface area contributed by atoms with Gasteiger partial charge in [-0.2, -0.15) is 26.3 Å². The summed E-state index contributed by atoms with van der Waals surface area (Å²) in [6.45, 7) is 27.5. The van der Waals surface area contributed by atoms with E-state index in [1.807, 2.05) is 121 Å². The van der Waals surface area contributed by atoms with E-state index < -0.39 is 78.3 Å². The van der Waals surface area contributed by atoms with Crippen LogP contribution in [-0.2, 0) is 63.8 Å². The van der Waals surface area contributed by atoms with Gasteiger partial charge in [0.05, 0.1) is 42.5 Å². The van der Waals surface area contributed by atoms with Gasteiger partial charge in [0.15, 0.2) is 5.70 Å². The van der Waals surface area contributed by atoms with Crippen LogP contribution >= 0.6 is 0 Å². The molecular weight excluding hydrogens is 1370 g/mol. The highest BCUT2D eigenvalue weighted by molar-refractivity contribution is 5.97. The Kier molecular flexibility index (Phi) is 25.5. The lowest BCUT2D eigenvalue weighted by molar-refractivity contribution is -0.165. The minimum Gasteiger partial charge on any atom is -0.470 e. The molecule has 20 nitrogen and oxygen atoms in total. The molecule has 0 aromatic heterocycles. The Morgan fingerprint density at radius 3 is 0.927 bits per heavy atom. The number of carbonyl (C=O) groups is 4. The Balaban J connectivity index is 0.983. The van der Waals surface area contributed by atoms with Crippen molar-refractivity contribution < 1.29 is 38.1 Å². The highest BCUT2D eigenvalue weighted by Crippen LogP contribution is 2.46. The summed E-state index contributed by atoms with van der Waals surface area (Å²) in [7, 11) is 0. The molecule has 0 amide bonds. The summed E-state index contributed by atoms with van der Waals surface area (Å²) in [6.07, 6.45) is 11.7. The van der Waals surface area contributed by atoms with E-state index >= 15 is 19.2 Å². The number of esters is 4. The fraction of sp³-hybridized carbons (Fsp3) is 0.416. The third-order valence-electron chi connectivity index (χ3n) is 22.6. The number of likely N-dealkylation sites (tertiary alicyclic amines) is 4. The van der Waals surface area contributed by atoms with Gasteiger partial charge in [-0.15, -0.1) is 0 Å². The molecule has 4 heterocycles. The molecule has 109 heavy (non-hydrogen) atoms. The van der Waals surface area contributed by atoms with Crippen molar-refractivity contribution in [1.82, 2.24) is 19.6 Å². The van der Waals surface area contributed by atoms with Crippen molar-refractivity contribution in [3.8, 4) is 30.3 Å². The fourth-order valence-corrected chi connectivity index (χ4v) is 17.3. The van der Waals surface area contributed by atoms with Gasteiger partial charge >= 0.3 is 23.9 Å². The predicted molar refractivity (Wildman–Crippen MR) is 405 cm³/mol. The Hall–Kier alpha value is -12.2. The fourth-order valence-electron chi connectivity index (χ4n) is 17.3. The lowest BCUT2D eigenvalue weighted by Gasteiger charge is -2.34. The molecule has 0 saturated carbocycles. The van der Waals surface area contributed by atoms with E-state index in [0.717, 1.165) is 73.6 Å². The van der Waals surface area contributed by atoms with Gasteiger partial charge in [-0.05, 0) is 197 Å². The zero-order valence-electron chi connectivity index (χ0n) is 61.6. The number of hydrogen-bond donors (Lipinski definition) is 0. The van der Waals surface area contributed by atoms with Crippen molar-refractivity contribution in [2.45, 2.75) is 128 Å². The first kappa shape index (κ1) is 76.4. The highest BCUT2D eigenvalue weighted by Gasteiger charge is 2.44. The number of allylic oxidation sites excluding steroid dienone is 11. The standard InChI is InChI=1S/C89H88N12O8/c1-95-82-72(47-68(43-64-30-14-7-15-31-64)51-81(82)101-38-22-23-39-101)84(97-3)88(105)109-60-89(57-106-85(102)76(55-93)69-44-65(40-61-24-8-4-9-25-61)48-78(73(69)52-90)98-32-16-17-33-98,58-107-86(103)77(56-94)70-45-66(41-62-26-10-5-11-27-62)49-79(74(70)53-91)99-34-18-19-35-99)59-108-87(104)83(96-2)71-46-67(42-63-28-12-6-13-29-63)50-80(75(71)54-92)100-36-20-21-37-100/h4-15,24-31,65-68H,16-23,32-51,57-60H2/b76-69+,77-70+,83-71+,84-72-. The first-order valence-electron chi connectivity index (χ1n) is 38.1. The van der Waals surface area contributed by atoms with E-state index in [4.69, 9.17) is 38.7 Å². The predicted octanol–water partition coefficient (Wildman–Crippen LogP) is 14.6. The van der Waals surface area contributed by atoms with Crippen molar-refractivity contribution in [3.05, 3.63) is 268 Å². The average molecular weight is 1450 g/mol. The topological polar surface area (TPSA) is 250 Å². The van der Waals surface area contributed by atoms with Gasteiger partial charge in [0, 0.05) is 75.1 Å². The largest absolute Gasteiger partial charge is 0.470 e. The van der Waals surface area contributed by atoms with Crippen LogP contribution in [0, 0.1) is 105 Å². The van der Waals surface area contributed by atoms with Crippen LogP contribution in [0.3, 0.4) is 0 Å². The Morgan fingerprint density at radius 2 is 0.633 bits per heavy atom. The summed E-state index contributed by atoms with van der Waals surface area (Å²) in [5, 5.41) is 56.0. The number of rotatable bonds is 24. The number of carbonyl (C=O) groups excluding carboxylic acids is 4. The lowest BCUT2D eigenvalue weighted by atomic mass is 9.78. The molecule has 0 N–H and O–H groups in total. The first-order chi connectivity index (χ1) is 53.3. The second kappa shape index (κ2) is 36.4. The third kappa shape index (κ3) is 18.1. The molecule has 4 fully saturated rings. The van der Waals surface area contributed by atoms with Crippen LogP contribution in [0.1, 0.15) is 125 Å². The minimum atomic E-state index is -2.27. The van der Waals surface area contributed by atoms with Gasteiger partial charge in [0.2, 0.25) is 0 Å². The zero-order valence-corrected chi connectivity index (χ0v) is 61.6. The Bertz CT molecular complexity index is 4150. The van der Waals surface area contributed by atoms with Crippen LogP contribution in [0.5, 0.6) is 0 Å². The maximum atomic E-state index is 15.5. The minimum absolute atomic E-state index is 0.126. The van der Waals surface area contributed by atoms with Crippen molar-refractivity contribution in [2.24, 2.45) is 29.1 Å². The second-order valence-corrected chi connectivity index (χ2v) is 30.0. The number of hydrogen-bond acceptors (Lipinski definition) is 17. The normalized spacial score (nSPS) is 22.5. The molecule has 20 heteroatoms.